The van der Waals surface area contributed by atoms with Crippen molar-refractivity contribution in [3.8, 4) is 0 Å². The molecule has 3 atom stereocenters. The quantitative estimate of drug-likeness (QED) is 0.740. The van der Waals surface area contributed by atoms with Gasteiger partial charge in [0, 0.05) is 25.2 Å². The molecule has 3 rings (SSSR count). The summed E-state index contributed by atoms with van der Waals surface area (Å²) in [6, 6.07) is 1.54. The van der Waals surface area contributed by atoms with E-state index in [9.17, 15) is 5.11 Å². The molecule has 3 fully saturated rings. The van der Waals surface area contributed by atoms with Crippen LogP contribution in [0.1, 0.15) is 51.9 Å². The second-order valence-electron chi connectivity index (χ2n) is 7.13. The Balaban J connectivity index is 1.50. The highest BCUT2D eigenvalue weighted by atomic mass is 16.3. The predicted molar refractivity (Wildman–Crippen MR) is 78.1 cm³/mol. The number of likely N-dealkylation sites (tertiary alicyclic amines) is 1. The van der Waals surface area contributed by atoms with E-state index >= 15 is 0 Å². The standard InChI is InChI=1S/C16H30N2O/c1-2-16(19)8-13-7-14(17-9-12-3-4-12)11-18(10-13)15-5-6-15/h12-17,19H,2-11H2,1H3. The highest BCUT2D eigenvalue weighted by molar-refractivity contribution is 4.93. The molecule has 1 saturated heterocycles. The van der Waals surface area contributed by atoms with Crippen molar-refractivity contribution in [1.29, 1.82) is 0 Å². The fourth-order valence-electron chi connectivity index (χ4n) is 3.50. The first-order valence-electron chi connectivity index (χ1n) is 8.40. The maximum Gasteiger partial charge on any atom is 0.0540 e. The maximum absolute atomic E-state index is 9.93. The molecule has 0 aromatic rings. The summed E-state index contributed by atoms with van der Waals surface area (Å²) in [4.78, 5) is 2.70. The Labute approximate surface area is 117 Å². The van der Waals surface area contributed by atoms with E-state index in [1.54, 1.807) is 0 Å². The lowest BCUT2D eigenvalue weighted by Gasteiger charge is -2.39. The largest absolute Gasteiger partial charge is 0.393 e. The number of rotatable bonds is 7. The highest BCUT2D eigenvalue weighted by Gasteiger charge is 2.36. The smallest absolute Gasteiger partial charge is 0.0540 e. The summed E-state index contributed by atoms with van der Waals surface area (Å²) in [5.41, 5.74) is 0. The van der Waals surface area contributed by atoms with Crippen LogP contribution in [-0.2, 0) is 0 Å². The first kappa shape index (κ1) is 13.8. The van der Waals surface area contributed by atoms with Crippen molar-refractivity contribution in [3.05, 3.63) is 0 Å². The van der Waals surface area contributed by atoms with Crippen LogP contribution in [0.4, 0.5) is 0 Å². The van der Waals surface area contributed by atoms with E-state index < -0.39 is 0 Å². The van der Waals surface area contributed by atoms with Crippen LogP contribution in [0.15, 0.2) is 0 Å². The van der Waals surface area contributed by atoms with Crippen LogP contribution in [0.5, 0.6) is 0 Å². The van der Waals surface area contributed by atoms with E-state index in [-0.39, 0.29) is 6.10 Å². The SMILES string of the molecule is CCC(O)CC1CC(NCC2CC2)CN(C2CC2)C1. The third kappa shape index (κ3) is 4.17. The minimum Gasteiger partial charge on any atom is -0.393 e. The minimum absolute atomic E-state index is 0.0896. The second kappa shape index (κ2) is 6.11. The van der Waals surface area contributed by atoms with Crippen LogP contribution in [0, 0.1) is 11.8 Å². The Kier molecular flexibility index (Phi) is 4.45. The topological polar surface area (TPSA) is 35.5 Å². The molecule has 3 nitrogen and oxygen atoms in total. The number of hydrogen-bond donors (Lipinski definition) is 2. The summed E-state index contributed by atoms with van der Waals surface area (Å²) in [7, 11) is 0. The zero-order valence-corrected chi connectivity index (χ0v) is 12.4. The van der Waals surface area contributed by atoms with Crippen LogP contribution in [0.2, 0.25) is 0 Å². The molecule has 0 spiro atoms. The van der Waals surface area contributed by atoms with Crippen LogP contribution >= 0.6 is 0 Å². The van der Waals surface area contributed by atoms with Crippen molar-refractivity contribution in [2.45, 2.75) is 70.1 Å². The summed E-state index contributed by atoms with van der Waals surface area (Å²) < 4.78 is 0. The molecular formula is C16H30N2O. The number of aliphatic hydroxyl groups excluding tert-OH is 1. The van der Waals surface area contributed by atoms with E-state index in [1.165, 1.54) is 51.7 Å². The van der Waals surface area contributed by atoms with E-state index in [0.29, 0.717) is 12.0 Å². The lowest BCUT2D eigenvalue weighted by atomic mass is 9.88. The van der Waals surface area contributed by atoms with Crippen molar-refractivity contribution in [2.24, 2.45) is 11.8 Å². The molecule has 0 aromatic heterocycles. The van der Waals surface area contributed by atoms with Gasteiger partial charge < -0.3 is 10.4 Å². The van der Waals surface area contributed by atoms with Crippen molar-refractivity contribution in [3.63, 3.8) is 0 Å². The van der Waals surface area contributed by atoms with E-state index in [4.69, 9.17) is 0 Å². The van der Waals surface area contributed by atoms with Crippen molar-refractivity contribution in [2.75, 3.05) is 19.6 Å². The van der Waals surface area contributed by atoms with Gasteiger partial charge in [-0.3, -0.25) is 4.90 Å². The third-order valence-corrected chi connectivity index (χ3v) is 5.10. The molecule has 0 bridgehead atoms. The van der Waals surface area contributed by atoms with Crippen LogP contribution in [-0.4, -0.2) is 47.8 Å². The van der Waals surface area contributed by atoms with Gasteiger partial charge in [-0.15, -0.1) is 0 Å². The second-order valence-corrected chi connectivity index (χ2v) is 7.13. The number of nitrogens with zero attached hydrogens (tertiary/aromatic N) is 1. The lowest BCUT2D eigenvalue weighted by molar-refractivity contribution is 0.0800. The van der Waals surface area contributed by atoms with Gasteiger partial charge in [0.25, 0.3) is 0 Å². The van der Waals surface area contributed by atoms with E-state index in [0.717, 1.165) is 24.8 Å². The van der Waals surface area contributed by atoms with Gasteiger partial charge in [0.15, 0.2) is 0 Å². The van der Waals surface area contributed by atoms with Gasteiger partial charge in [0.05, 0.1) is 6.10 Å². The van der Waals surface area contributed by atoms with Gasteiger partial charge in [0.2, 0.25) is 0 Å². The molecule has 19 heavy (non-hydrogen) atoms. The number of nitrogens with one attached hydrogen (secondary N) is 1. The average Bonchev–Trinajstić information content (AvgIpc) is 3.29. The molecule has 2 saturated carbocycles. The van der Waals surface area contributed by atoms with Gasteiger partial charge >= 0.3 is 0 Å². The Morgan fingerprint density at radius 2 is 1.95 bits per heavy atom. The first-order valence-corrected chi connectivity index (χ1v) is 8.40. The van der Waals surface area contributed by atoms with Gasteiger partial charge in [0.1, 0.15) is 0 Å². The fraction of sp³-hybridized carbons (Fsp3) is 1.00. The van der Waals surface area contributed by atoms with Gasteiger partial charge in [-0.25, -0.2) is 0 Å². The molecule has 1 heterocycles. The Morgan fingerprint density at radius 3 is 2.58 bits per heavy atom. The molecule has 3 aliphatic rings. The van der Waals surface area contributed by atoms with Crippen LogP contribution in [0.3, 0.4) is 0 Å². The van der Waals surface area contributed by atoms with E-state index in [2.05, 4.69) is 17.1 Å². The summed E-state index contributed by atoms with van der Waals surface area (Å²) in [6.07, 6.45) is 8.76. The minimum atomic E-state index is -0.0896. The normalized spacial score (nSPS) is 34.4. The monoisotopic (exact) mass is 266 g/mol. The number of hydrogen-bond acceptors (Lipinski definition) is 3. The molecule has 0 amide bonds. The first-order chi connectivity index (χ1) is 9.24. The predicted octanol–water partition coefficient (Wildman–Crippen LogP) is 2.00. The van der Waals surface area contributed by atoms with E-state index in [1.807, 2.05) is 0 Å². The molecular weight excluding hydrogens is 236 g/mol. The Hall–Kier alpha value is -0.120. The lowest BCUT2D eigenvalue weighted by Crippen LogP contribution is -2.50. The zero-order chi connectivity index (χ0) is 13.2. The van der Waals surface area contributed by atoms with Crippen molar-refractivity contribution in [1.82, 2.24) is 10.2 Å². The Bertz CT molecular complexity index is 288. The van der Waals surface area contributed by atoms with Crippen LogP contribution < -0.4 is 5.32 Å². The summed E-state index contributed by atoms with van der Waals surface area (Å²) in [5, 5.41) is 13.7. The molecule has 0 aromatic carbocycles. The van der Waals surface area contributed by atoms with Crippen molar-refractivity contribution < 1.29 is 5.11 Å². The van der Waals surface area contributed by atoms with Crippen molar-refractivity contribution >= 4 is 0 Å². The third-order valence-electron chi connectivity index (χ3n) is 5.10. The highest BCUT2D eigenvalue weighted by Crippen LogP contribution is 2.33. The molecule has 3 heteroatoms. The van der Waals surface area contributed by atoms with Gasteiger partial charge in [-0.05, 0) is 63.3 Å². The molecule has 2 N–H and O–H groups in total. The molecule has 0 radical (unpaired) electrons. The van der Waals surface area contributed by atoms with Gasteiger partial charge in [-0.2, -0.15) is 0 Å². The zero-order valence-electron chi connectivity index (χ0n) is 12.4. The fourth-order valence-corrected chi connectivity index (χ4v) is 3.50. The molecule has 3 unspecified atom stereocenters. The molecule has 110 valence electrons. The maximum atomic E-state index is 9.93. The summed E-state index contributed by atoms with van der Waals surface area (Å²) in [5.74, 6) is 1.66. The summed E-state index contributed by atoms with van der Waals surface area (Å²) in [6.45, 7) is 5.79. The summed E-state index contributed by atoms with van der Waals surface area (Å²) >= 11 is 0. The average molecular weight is 266 g/mol. The number of aliphatic hydroxyl groups is 1. The van der Waals surface area contributed by atoms with Gasteiger partial charge in [-0.1, -0.05) is 6.92 Å². The molecule has 1 aliphatic heterocycles. The number of piperidine rings is 1. The molecule has 2 aliphatic carbocycles. The Morgan fingerprint density at radius 1 is 1.16 bits per heavy atom. The van der Waals surface area contributed by atoms with Crippen LogP contribution in [0.25, 0.3) is 0 Å².